The van der Waals surface area contributed by atoms with E-state index in [1.54, 1.807) is 30.5 Å². The molecule has 15 heteroatoms. The van der Waals surface area contributed by atoms with Crippen molar-refractivity contribution in [2.75, 3.05) is 6.54 Å². The van der Waals surface area contributed by atoms with Crippen LogP contribution in [0.1, 0.15) is 91.4 Å². The summed E-state index contributed by atoms with van der Waals surface area (Å²) < 4.78 is 40.6. The van der Waals surface area contributed by atoms with Crippen LogP contribution in [-0.2, 0) is 29.1 Å². The molecule has 5 fully saturated rings. The number of hydrogen-bond donors (Lipinski definition) is 3. The molecule has 4 amide bonds. The van der Waals surface area contributed by atoms with E-state index in [0.29, 0.717) is 46.9 Å². The Morgan fingerprint density at radius 2 is 1.81 bits per heavy atom. The number of nitrogens with zero attached hydrogens (tertiary/aromatic N) is 2. The molecule has 292 valence electrons. The quantitative estimate of drug-likeness (QED) is 0.232. The van der Waals surface area contributed by atoms with E-state index in [9.17, 15) is 27.6 Å². The van der Waals surface area contributed by atoms with Gasteiger partial charge >= 0.3 is 6.09 Å². The van der Waals surface area contributed by atoms with E-state index in [0.717, 1.165) is 38.5 Å². The fourth-order valence-electron chi connectivity index (χ4n) is 8.10. The van der Waals surface area contributed by atoms with Gasteiger partial charge in [0.15, 0.2) is 0 Å². The standard InChI is InChI=1S/C39H50ClN5O8S/c1-5-24-21-39(24,35(48)44-54(50,51)38(15-16-38)20-23-10-11-23)43-33(46)30-19-27(52-31-14-17-41-29-18-25(40)12-13-28(29)31)22-45(30)34(47)32(37(2,3)4)42-36(49)53-26-8-6-7-9-26/h5,12-14,17-18,23-24,26-27,30,32H,1,6-11,15-16,19-22H2,2-4H3,(H,42,49)(H,43,46)(H,44,48). The third-order valence-electron chi connectivity index (χ3n) is 11.8. The van der Waals surface area contributed by atoms with Gasteiger partial charge in [-0.2, -0.15) is 0 Å². The minimum Gasteiger partial charge on any atom is -0.488 e. The maximum atomic E-state index is 14.6. The lowest BCUT2D eigenvalue weighted by Gasteiger charge is -2.35. The zero-order chi connectivity index (χ0) is 38.6. The van der Waals surface area contributed by atoms with Crippen LogP contribution in [0.3, 0.4) is 0 Å². The fourth-order valence-corrected chi connectivity index (χ4v) is 10.0. The van der Waals surface area contributed by atoms with Crippen molar-refractivity contribution in [1.82, 2.24) is 25.2 Å². The van der Waals surface area contributed by atoms with Gasteiger partial charge in [0, 0.05) is 28.9 Å². The lowest BCUT2D eigenvalue weighted by molar-refractivity contribution is -0.143. The highest BCUT2D eigenvalue weighted by molar-refractivity contribution is 7.91. The molecule has 1 saturated heterocycles. The Balaban J connectivity index is 1.14. The maximum Gasteiger partial charge on any atom is 0.408 e. The number of likely N-dealkylation sites (tertiary alicyclic amines) is 1. The first-order valence-electron chi connectivity index (χ1n) is 19.0. The molecule has 13 nitrogen and oxygen atoms in total. The van der Waals surface area contributed by atoms with Crippen molar-refractivity contribution < 1.29 is 37.1 Å². The summed E-state index contributed by atoms with van der Waals surface area (Å²) in [4.78, 5) is 61.8. The summed E-state index contributed by atoms with van der Waals surface area (Å²) in [6, 6.07) is 4.71. The second-order valence-corrected chi connectivity index (χ2v) is 19.5. The normalized spacial score (nSPS) is 26.8. The van der Waals surface area contributed by atoms with E-state index in [2.05, 4.69) is 26.9 Å². The van der Waals surface area contributed by atoms with Gasteiger partial charge in [0.05, 0.1) is 16.8 Å². The molecule has 54 heavy (non-hydrogen) atoms. The van der Waals surface area contributed by atoms with Crippen molar-refractivity contribution in [2.24, 2.45) is 17.3 Å². The second kappa shape index (κ2) is 14.3. The van der Waals surface area contributed by atoms with E-state index in [-0.39, 0.29) is 25.5 Å². The minimum atomic E-state index is -4.00. The van der Waals surface area contributed by atoms with Crippen LogP contribution < -0.4 is 20.1 Å². The molecule has 3 N–H and O–H groups in total. The van der Waals surface area contributed by atoms with Gasteiger partial charge in [-0.25, -0.2) is 13.2 Å². The molecule has 1 aromatic heterocycles. The highest BCUT2D eigenvalue weighted by Gasteiger charge is 2.64. The van der Waals surface area contributed by atoms with Crippen LogP contribution in [0.4, 0.5) is 4.79 Å². The number of alkyl carbamates (subject to hydrolysis) is 1. The number of carbonyl (C=O) groups is 4. The van der Waals surface area contributed by atoms with Crippen molar-refractivity contribution in [3.63, 3.8) is 0 Å². The number of fused-ring (bicyclic) bond motifs is 1. The van der Waals surface area contributed by atoms with Gasteiger partial charge in [-0.05, 0) is 87.0 Å². The lowest BCUT2D eigenvalue weighted by Crippen LogP contribution is -2.60. The van der Waals surface area contributed by atoms with Crippen LogP contribution in [0.15, 0.2) is 43.1 Å². The third kappa shape index (κ3) is 7.78. The average molecular weight is 784 g/mol. The number of nitrogens with one attached hydrogen (secondary N) is 3. The Labute approximate surface area is 321 Å². The molecular formula is C39H50ClN5O8S. The number of aromatic nitrogens is 1. The molecule has 5 atom stereocenters. The highest BCUT2D eigenvalue weighted by atomic mass is 35.5. The van der Waals surface area contributed by atoms with Gasteiger partial charge in [-0.15, -0.1) is 6.58 Å². The first-order chi connectivity index (χ1) is 25.5. The number of carbonyl (C=O) groups excluding carboxylic acids is 4. The Hall–Kier alpha value is -3.91. The van der Waals surface area contributed by atoms with E-state index in [1.165, 1.54) is 11.0 Å². The molecule has 1 aliphatic heterocycles. The number of sulfonamides is 1. The molecular weight excluding hydrogens is 734 g/mol. The van der Waals surface area contributed by atoms with Crippen molar-refractivity contribution in [1.29, 1.82) is 0 Å². The molecule has 1 aromatic carbocycles. The number of amides is 4. The molecule has 0 bridgehead atoms. The minimum absolute atomic E-state index is 0.0115. The van der Waals surface area contributed by atoms with Crippen LogP contribution >= 0.6 is 11.6 Å². The summed E-state index contributed by atoms with van der Waals surface area (Å²) in [5, 5.41) is 6.84. The largest absolute Gasteiger partial charge is 0.488 e. The molecule has 4 saturated carbocycles. The van der Waals surface area contributed by atoms with Crippen LogP contribution in [0.5, 0.6) is 5.75 Å². The highest BCUT2D eigenvalue weighted by Crippen LogP contribution is 2.53. The summed E-state index contributed by atoms with van der Waals surface area (Å²) in [5.41, 5.74) is -1.73. The smallest absolute Gasteiger partial charge is 0.408 e. The van der Waals surface area contributed by atoms with Crippen molar-refractivity contribution in [2.45, 2.75) is 126 Å². The molecule has 5 unspecified atom stereocenters. The topological polar surface area (TPSA) is 173 Å². The van der Waals surface area contributed by atoms with E-state index in [1.807, 2.05) is 20.8 Å². The Morgan fingerprint density at radius 1 is 1.09 bits per heavy atom. The SMILES string of the molecule is C=CC1CC1(NC(=O)C1CC(Oc2ccnc3cc(Cl)ccc23)CN1C(=O)C(NC(=O)OC1CCCC1)C(C)(C)C)C(=O)NS(=O)(=O)C1(CC2CC2)CC1. The summed E-state index contributed by atoms with van der Waals surface area (Å²) in [7, 11) is -4.00. The molecule has 7 rings (SSSR count). The molecule has 2 heterocycles. The van der Waals surface area contributed by atoms with Crippen molar-refractivity contribution in [3.8, 4) is 5.75 Å². The van der Waals surface area contributed by atoms with Gasteiger partial charge in [0.25, 0.3) is 5.91 Å². The van der Waals surface area contributed by atoms with Gasteiger partial charge in [0.2, 0.25) is 21.8 Å². The zero-order valence-electron chi connectivity index (χ0n) is 31.1. The first kappa shape index (κ1) is 38.4. The molecule has 2 aromatic rings. The molecule has 4 aliphatic carbocycles. The Bertz CT molecular complexity index is 1950. The Morgan fingerprint density at radius 3 is 2.44 bits per heavy atom. The summed E-state index contributed by atoms with van der Waals surface area (Å²) in [5.74, 6) is -1.64. The number of rotatable bonds is 13. The van der Waals surface area contributed by atoms with Crippen LogP contribution in [0, 0.1) is 17.3 Å². The zero-order valence-corrected chi connectivity index (χ0v) is 32.6. The van der Waals surface area contributed by atoms with Gasteiger partial charge in [0.1, 0.15) is 35.6 Å². The second-order valence-electron chi connectivity index (χ2n) is 17.0. The predicted molar refractivity (Wildman–Crippen MR) is 202 cm³/mol. The van der Waals surface area contributed by atoms with Crippen molar-refractivity contribution >= 4 is 56.3 Å². The van der Waals surface area contributed by atoms with E-state index in [4.69, 9.17) is 21.1 Å². The van der Waals surface area contributed by atoms with Crippen LogP contribution in [-0.4, -0.2) is 83.2 Å². The number of pyridine rings is 1. The summed E-state index contributed by atoms with van der Waals surface area (Å²) in [6.07, 6.45) is 8.66. The first-order valence-corrected chi connectivity index (χ1v) is 20.9. The number of ether oxygens (including phenoxy) is 2. The van der Waals surface area contributed by atoms with Crippen LogP contribution in [0.2, 0.25) is 5.02 Å². The molecule has 0 spiro atoms. The monoisotopic (exact) mass is 783 g/mol. The fraction of sp³-hybridized carbons (Fsp3) is 0.615. The number of benzene rings is 1. The summed E-state index contributed by atoms with van der Waals surface area (Å²) in [6.45, 7) is 9.25. The molecule has 0 radical (unpaired) electrons. The van der Waals surface area contributed by atoms with Gasteiger partial charge < -0.3 is 25.0 Å². The number of halogens is 1. The maximum absolute atomic E-state index is 14.6. The third-order valence-corrected chi connectivity index (χ3v) is 14.2. The number of hydrogen-bond acceptors (Lipinski definition) is 9. The Kier molecular flexibility index (Phi) is 10.2. The van der Waals surface area contributed by atoms with Crippen LogP contribution in [0.25, 0.3) is 10.9 Å². The van der Waals surface area contributed by atoms with E-state index >= 15 is 0 Å². The van der Waals surface area contributed by atoms with Crippen molar-refractivity contribution in [3.05, 3.63) is 48.1 Å². The average Bonchev–Trinajstić information content (AvgIpc) is 4.08. The van der Waals surface area contributed by atoms with E-state index < -0.39 is 73.6 Å². The van der Waals surface area contributed by atoms with Gasteiger partial charge in [-0.3, -0.25) is 24.1 Å². The van der Waals surface area contributed by atoms with Gasteiger partial charge in [-0.1, -0.05) is 51.3 Å². The molecule has 5 aliphatic rings. The lowest BCUT2D eigenvalue weighted by atomic mass is 9.85. The predicted octanol–water partition coefficient (Wildman–Crippen LogP) is 5.16. The summed E-state index contributed by atoms with van der Waals surface area (Å²) >= 11 is 6.21.